The lowest BCUT2D eigenvalue weighted by Crippen LogP contribution is -1.99. The molecule has 0 radical (unpaired) electrons. The molecular formula is C11H13N3O3S. The molecule has 0 aliphatic carbocycles. The molecule has 1 atom stereocenters. The number of rotatable bonds is 4. The molecule has 2 rings (SSSR count). The lowest BCUT2D eigenvalue weighted by atomic mass is 10.3. The van der Waals surface area contributed by atoms with Crippen LogP contribution in [0.25, 0.3) is 5.00 Å². The van der Waals surface area contributed by atoms with Crippen molar-refractivity contribution in [3.63, 3.8) is 0 Å². The van der Waals surface area contributed by atoms with Gasteiger partial charge >= 0.3 is 5.69 Å². The van der Waals surface area contributed by atoms with Gasteiger partial charge in [0.15, 0.2) is 5.00 Å². The van der Waals surface area contributed by atoms with E-state index in [1.165, 1.54) is 17.4 Å². The minimum atomic E-state index is -0.712. The SMILES string of the molecule is CCc1nccn1-c1sc([C@@H](C)O)cc1[N+](=O)[O-]. The van der Waals surface area contributed by atoms with Gasteiger partial charge in [-0.15, -0.1) is 11.3 Å². The first kappa shape index (κ1) is 12.7. The van der Waals surface area contributed by atoms with Crippen LogP contribution in [0.15, 0.2) is 18.5 Å². The summed E-state index contributed by atoms with van der Waals surface area (Å²) in [4.78, 5) is 15.3. The number of hydrogen-bond acceptors (Lipinski definition) is 5. The molecule has 0 unspecified atom stereocenters. The van der Waals surface area contributed by atoms with E-state index in [-0.39, 0.29) is 5.69 Å². The Bertz CT molecular complexity index is 574. The maximum atomic E-state index is 11.0. The molecule has 0 spiro atoms. The molecule has 0 bridgehead atoms. The van der Waals surface area contributed by atoms with Crippen LogP contribution in [0.5, 0.6) is 0 Å². The second-order valence-electron chi connectivity index (χ2n) is 3.84. The van der Waals surface area contributed by atoms with Crippen LogP contribution in [0.1, 0.15) is 30.7 Å². The number of hydrogen-bond donors (Lipinski definition) is 1. The molecule has 0 aromatic carbocycles. The monoisotopic (exact) mass is 267 g/mol. The van der Waals surface area contributed by atoms with Gasteiger partial charge in [-0.25, -0.2) is 4.98 Å². The molecule has 0 amide bonds. The van der Waals surface area contributed by atoms with Crippen molar-refractivity contribution in [1.29, 1.82) is 0 Å². The number of aliphatic hydroxyl groups excluding tert-OH is 1. The number of nitro groups is 1. The van der Waals surface area contributed by atoms with E-state index >= 15 is 0 Å². The van der Waals surface area contributed by atoms with E-state index in [1.54, 1.807) is 23.9 Å². The van der Waals surface area contributed by atoms with Gasteiger partial charge in [0, 0.05) is 29.8 Å². The Kier molecular flexibility index (Phi) is 3.44. The van der Waals surface area contributed by atoms with Gasteiger partial charge in [0.25, 0.3) is 0 Å². The third-order valence-corrected chi connectivity index (χ3v) is 3.87. The highest BCUT2D eigenvalue weighted by atomic mass is 32.1. The molecular weight excluding hydrogens is 254 g/mol. The minimum absolute atomic E-state index is 0.00333. The summed E-state index contributed by atoms with van der Waals surface area (Å²) >= 11 is 1.21. The van der Waals surface area contributed by atoms with E-state index in [9.17, 15) is 15.2 Å². The van der Waals surface area contributed by atoms with Gasteiger partial charge in [0.2, 0.25) is 0 Å². The first-order valence-corrected chi connectivity index (χ1v) is 6.35. The van der Waals surface area contributed by atoms with Gasteiger partial charge in [0.1, 0.15) is 5.82 Å². The van der Waals surface area contributed by atoms with Crippen molar-refractivity contribution in [2.45, 2.75) is 26.4 Å². The van der Waals surface area contributed by atoms with Gasteiger partial charge in [-0.05, 0) is 6.92 Å². The number of thiophene rings is 1. The number of nitrogens with zero attached hydrogens (tertiary/aromatic N) is 3. The predicted octanol–water partition coefficient (Wildman–Crippen LogP) is 2.46. The first-order chi connectivity index (χ1) is 8.54. The third kappa shape index (κ3) is 2.14. The summed E-state index contributed by atoms with van der Waals surface area (Å²) in [6, 6.07) is 1.42. The normalized spacial score (nSPS) is 12.6. The Morgan fingerprint density at radius 3 is 2.94 bits per heavy atom. The molecule has 2 aromatic heterocycles. The lowest BCUT2D eigenvalue weighted by molar-refractivity contribution is -0.384. The van der Waals surface area contributed by atoms with Crippen molar-refractivity contribution in [3.05, 3.63) is 39.3 Å². The van der Waals surface area contributed by atoms with Crippen LogP contribution in [0, 0.1) is 10.1 Å². The van der Waals surface area contributed by atoms with Crippen molar-refractivity contribution in [2.24, 2.45) is 0 Å². The van der Waals surface area contributed by atoms with E-state index in [2.05, 4.69) is 4.98 Å². The van der Waals surface area contributed by atoms with Gasteiger partial charge < -0.3 is 5.11 Å². The van der Waals surface area contributed by atoms with Crippen molar-refractivity contribution in [3.8, 4) is 5.00 Å². The van der Waals surface area contributed by atoms with E-state index in [4.69, 9.17) is 0 Å². The summed E-state index contributed by atoms with van der Waals surface area (Å²) in [5.74, 6) is 0.761. The summed E-state index contributed by atoms with van der Waals surface area (Å²) in [5.41, 5.74) is 0.00333. The molecule has 0 aliphatic heterocycles. The summed E-state index contributed by atoms with van der Waals surface area (Å²) in [6.07, 6.45) is 3.29. The Labute approximate surface area is 108 Å². The number of aromatic nitrogens is 2. The largest absolute Gasteiger partial charge is 0.388 e. The van der Waals surface area contributed by atoms with Gasteiger partial charge in [0.05, 0.1) is 11.0 Å². The molecule has 0 fully saturated rings. The van der Waals surface area contributed by atoms with Crippen LogP contribution in [0.3, 0.4) is 0 Å². The molecule has 0 saturated heterocycles. The zero-order valence-electron chi connectivity index (χ0n) is 10.0. The average Bonchev–Trinajstić information content (AvgIpc) is 2.94. The third-order valence-electron chi connectivity index (χ3n) is 2.57. The zero-order chi connectivity index (χ0) is 13.3. The second kappa shape index (κ2) is 4.87. The minimum Gasteiger partial charge on any atom is -0.388 e. The number of aliphatic hydroxyl groups is 1. The molecule has 96 valence electrons. The number of imidazole rings is 1. The second-order valence-corrected chi connectivity index (χ2v) is 4.90. The highest BCUT2D eigenvalue weighted by Crippen LogP contribution is 2.36. The van der Waals surface area contributed by atoms with Crippen molar-refractivity contribution >= 4 is 17.0 Å². The highest BCUT2D eigenvalue weighted by Gasteiger charge is 2.23. The summed E-state index contributed by atoms with van der Waals surface area (Å²) in [5, 5.41) is 21.1. The number of aryl methyl sites for hydroxylation is 1. The van der Waals surface area contributed by atoms with Gasteiger partial charge in [-0.3, -0.25) is 14.7 Å². The molecule has 2 heterocycles. The molecule has 2 aromatic rings. The Morgan fingerprint density at radius 1 is 1.67 bits per heavy atom. The molecule has 7 heteroatoms. The Balaban J connectivity index is 2.59. The quantitative estimate of drug-likeness (QED) is 0.681. The fourth-order valence-electron chi connectivity index (χ4n) is 1.68. The van der Waals surface area contributed by atoms with Crippen molar-refractivity contribution < 1.29 is 10.0 Å². The standard InChI is InChI=1S/C11H13N3O3S/c1-3-10-12-4-5-13(10)11-8(14(16)17)6-9(18-11)7(2)15/h4-7,15H,3H2,1-2H3/t7-/m1/s1. The lowest BCUT2D eigenvalue weighted by Gasteiger charge is -2.02. The van der Waals surface area contributed by atoms with E-state index in [1.807, 2.05) is 6.92 Å². The van der Waals surface area contributed by atoms with E-state index in [0.29, 0.717) is 16.3 Å². The smallest absolute Gasteiger partial charge is 0.304 e. The van der Waals surface area contributed by atoms with Crippen LogP contribution >= 0.6 is 11.3 Å². The first-order valence-electron chi connectivity index (χ1n) is 5.53. The fraction of sp³-hybridized carbons (Fsp3) is 0.364. The maximum Gasteiger partial charge on any atom is 0.304 e. The fourth-order valence-corrected chi connectivity index (χ4v) is 2.75. The summed E-state index contributed by atoms with van der Waals surface area (Å²) < 4.78 is 1.70. The van der Waals surface area contributed by atoms with Crippen LogP contribution < -0.4 is 0 Å². The van der Waals surface area contributed by atoms with Crippen LogP contribution in [0.2, 0.25) is 0 Å². The van der Waals surface area contributed by atoms with E-state index < -0.39 is 11.0 Å². The van der Waals surface area contributed by atoms with Gasteiger partial charge in [-0.1, -0.05) is 6.92 Å². The Morgan fingerprint density at radius 2 is 2.39 bits per heavy atom. The van der Waals surface area contributed by atoms with Crippen molar-refractivity contribution in [1.82, 2.24) is 9.55 Å². The maximum absolute atomic E-state index is 11.0. The van der Waals surface area contributed by atoms with Crippen LogP contribution in [-0.4, -0.2) is 19.6 Å². The molecule has 1 N–H and O–H groups in total. The Hall–Kier alpha value is -1.73. The molecule has 0 aliphatic rings. The molecule has 18 heavy (non-hydrogen) atoms. The molecule has 0 saturated carbocycles. The molecule has 6 nitrogen and oxygen atoms in total. The zero-order valence-corrected chi connectivity index (χ0v) is 10.8. The topological polar surface area (TPSA) is 81.2 Å². The average molecular weight is 267 g/mol. The van der Waals surface area contributed by atoms with Crippen LogP contribution in [0.4, 0.5) is 5.69 Å². The summed E-state index contributed by atoms with van der Waals surface area (Å²) in [7, 11) is 0. The predicted molar refractivity (Wildman–Crippen MR) is 68.1 cm³/mol. The van der Waals surface area contributed by atoms with E-state index in [0.717, 1.165) is 5.82 Å². The van der Waals surface area contributed by atoms with Crippen molar-refractivity contribution in [2.75, 3.05) is 0 Å². The highest BCUT2D eigenvalue weighted by molar-refractivity contribution is 7.15. The summed E-state index contributed by atoms with van der Waals surface area (Å²) in [6.45, 7) is 3.53. The van der Waals surface area contributed by atoms with Gasteiger partial charge in [-0.2, -0.15) is 0 Å². The van der Waals surface area contributed by atoms with Crippen LogP contribution in [-0.2, 0) is 6.42 Å².